The lowest BCUT2D eigenvalue weighted by Gasteiger charge is -2.03. The maximum absolute atomic E-state index is 12.0. The summed E-state index contributed by atoms with van der Waals surface area (Å²) < 4.78 is 0. The van der Waals surface area contributed by atoms with Gasteiger partial charge in [-0.25, -0.2) is 0 Å². The van der Waals surface area contributed by atoms with E-state index in [-0.39, 0.29) is 12.5 Å². The Morgan fingerprint density at radius 2 is 2.16 bits per heavy atom. The van der Waals surface area contributed by atoms with Crippen LogP contribution < -0.4 is 11.1 Å². The summed E-state index contributed by atoms with van der Waals surface area (Å²) in [5.41, 5.74) is 7.06. The molecule has 4 nitrogen and oxygen atoms in total. The first kappa shape index (κ1) is 13.3. The number of nitrogens with two attached hydrogens (primary N) is 1. The Morgan fingerprint density at radius 3 is 2.89 bits per heavy atom. The van der Waals surface area contributed by atoms with Crippen molar-refractivity contribution < 1.29 is 4.79 Å². The number of nitrogens with zero attached hydrogens (tertiary/aromatic N) is 1. The number of rotatable bonds is 3. The third-order valence-electron chi connectivity index (χ3n) is 2.40. The van der Waals surface area contributed by atoms with Crippen LogP contribution in [-0.2, 0) is 6.54 Å². The Labute approximate surface area is 115 Å². The highest BCUT2D eigenvalue weighted by molar-refractivity contribution is 7.12. The topological polar surface area (TPSA) is 68.0 Å². The van der Waals surface area contributed by atoms with Crippen LogP contribution in [0.5, 0.6) is 0 Å². The van der Waals surface area contributed by atoms with Crippen molar-refractivity contribution >= 4 is 17.2 Å². The molecule has 1 amide bonds. The molecule has 19 heavy (non-hydrogen) atoms. The molecule has 2 aromatic heterocycles. The summed E-state index contributed by atoms with van der Waals surface area (Å²) in [4.78, 5) is 16.6. The van der Waals surface area contributed by atoms with Gasteiger partial charge >= 0.3 is 0 Å². The molecule has 0 aromatic carbocycles. The molecular formula is C14H13N3OS. The molecule has 0 saturated heterocycles. The predicted molar refractivity (Wildman–Crippen MR) is 75.7 cm³/mol. The molecule has 0 aliphatic rings. The molecule has 0 saturated carbocycles. The number of hydrogen-bond acceptors (Lipinski definition) is 4. The molecule has 2 aromatic rings. The molecule has 2 rings (SSSR count). The normalized spacial score (nSPS) is 9.53. The monoisotopic (exact) mass is 271 g/mol. The molecule has 0 spiro atoms. The highest BCUT2D eigenvalue weighted by Crippen LogP contribution is 2.15. The zero-order chi connectivity index (χ0) is 13.5. The maximum atomic E-state index is 12.0. The molecule has 0 aliphatic carbocycles. The molecule has 2 heterocycles. The van der Waals surface area contributed by atoms with Crippen molar-refractivity contribution in [2.45, 2.75) is 6.54 Å². The van der Waals surface area contributed by atoms with Gasteiger partial charge in [-0.1, -0.05) is 11.8 Å². The molecular weight excluding hydrogens is 258 g/mol. The minimum atomic E-state index is -0.117. The van der Waals surface area contributed by atoms with Gasteiger partial charge in [0.1, 0.15) is 4.88 Å². The largest absolute Gasteiger partial charge is 0.347 e. The third kappa shape index (κ3) is 3.65. The summed E-state index contributed by atoms with van der Waals surface area (Å²) in [6.07, 6.45) is 3.40. The van der Waals surface area contributed by atoms with Gasteiger partial charge < -0.3 is 11.1 Å². The summed E-state index contributed by atoms with van der Waals surface area (Å²) in [5.74, 6) is 5.54. The van der Waals surface area contributed by atoms with Crippen molar-refractivity contribution in [1.82, 2.24) is 10.3 Å². The van der Waals surface area contributed by atoms with Crippen LogP contribution in [0.2, 0.25) is 0 Å². The summed E-state index contributed by atoms with van der Waals surface area (Å²) >= 11 is 1.38. The Kier molecular flexibility index (Phi) is 4.67. The predicted octanol–water partition coefficient (Wildman–Crippen LogP) is 1.38. The molecule has 96 valence electrons. The molecule has 0 unspecified atom stereocenters. The van der Waals surface area contributed by atoms with E-state index < -0.39 is 0 Å². The fourth-order valence-corrected chi connectivity index (χ4v) is 2.26. The van der Waals surface area contributed by atoms with E-state index in [2.05, 4.69) is 22.1 Å². The van der Waals surface area contributed by atoms with Crippen LogP contribution in [0, 0.1) is 11.8 Å². The number of carbonyl (C=O) groups is 1. The Morgan fingerprint density at radius 1 is 1.37 bits per heavy atom. The quantitative estimate of drug-likeness (QED) is 0.829. The smallest absolute Gasteiger partial charge is 0.262 e. The molecule has 0 fully saturated rings. The SMILES string of the molecule is NCC#Cc1ccsc1C(=O)NCc1ccncc1. The Hall–Kier alpha value is -2.16. The van der Waals surface area contributed by atoms with Gasteiger partial charge in [-0.15, -0.1) is 11.3 Å². The van der Waals surface area contributed by atoms with Gasteiger partial charge in [0.15, 0.2) is 0 Å². The highest BCUT2D eigenvalue weighted by atomic mass is 32.1. The molecule has 3 N–H and O–H groups in total. The second-order valence-corrected chi connectivity index (χ2v) is 4.62. The number of nitrogens with one attached hydrogen (secondary N) is 1. The first-order chi connectivity index (χ1) is 9.31. The zero-order valence-corrected chi connectivity index (χ0v) is 11.0. The number of hydrogen-bond donors (Lipinski definition) is 2. The van der Waals surface area contributed by atoms with E-state index in [0.717, 1.165) is 11.1 Å². The molecule has 0 aliphatic heterocycles. The van der Waals surface area contributed by atoms with Crippen LogP contribution in [0.3, 0.4) is 0 Å². The van der Waals surface area contributed by atoms with Gasteiger partial charge in [0.05, 0.1) is 6.54 Å². The summed E-state index contributed by atoms with van der Waals surface area (Å²) in [7, 11) is 0. The van der Waals surface area contributed by atoms with E-state index in [9.17, 15) is 4.79 Å². The first-order valence-electron chi connectivity index (χ1n) is 5.75. The number of thiophene rings is 1. The number of aromatic nitrogens is 1. The summed E-state index contributed by atoms with van der Waals surface area (Å²) in [5, 5.41) is 4.71. The number of amides is 1. The average Bonchev–Trinajstić information content (AvgIpc) is 2.92. The zero-order valence-electron chi connectivity index (χ0n) is 10.2. The average molecular weight is 271 g/mol. The van der Waals surface area contributed by atoms with E-state index in [0.29, 0.717) is 11.4 Å². The van der Waals surface area contributed by atoms with Crippen molar-refractivity contribution in [3.05, 3.63) is 52.0 Å². The van der Waals surface area contributed by atoms with Crippen molar-refractivity contribution in [3.8, 4) is 11.8 Å². The van der Waals surface area contributed by atoms with E-state index in [1.54, 1.807) is 12.4 Å². The van der Waals surface area contributed by atoms with E-state index in [1.807, 2.05) is 23.6 Å². The van der Waals surface area contributed by atoms with E-state index in [4.69, 9.17) is 5.73 Å². The van der Waals surface area contributed by atoms with Crippen LogP contribution in [0.15, 0.2) is 36.0 Å². The second-order valence-electron chi connectivity index (χ2n) is 3.71. The van der Waals surface area contributed by atoms with Crippen molar-refractivity contribution in [3.63, 3.8) is 0 Å². The van der Waals surface area contributed by atoms with Gasteiger partial charge in [0, 0.05) is 24.5 Å². The van der Waals surface area contributed by atoms with Gasteiger partial charge in [0.2, 0.25) is 0 Å². The highest BCUT2D eigenvalue weighted by Gasteiger charge is 2.11. The van der Waals surface area contributed by atoms with Crippen LogP contribution >= 0.6 is 11.3 Å². The number of pyridine rings is 1. The van der Waals surface area contributed by atoms with Crippen LogP contribution in [-0.4, -0.2) is 17.4 Å². The van der Waals surface area contributed by atoms with Gasteiger partial charge in [-0.3, -0.25) is 9.78 Å². The first-order valence-corrected chi connectivity index (χ1v) is 6.62. The minimum Gasteiger partial charge on any atom is -0.347 e. The van der Waals surface area contributed by atoms with Crippen LogP contribution in [0.4, 0.5) is 0 Å². The fraction of sp³-hybridized carbons (Fsp3) is 0.143. The number of carbonyl (C=O) groups excluding carboxylic acids is 1. The van der Waals surface area contributed by atoms with Crippen LogP contribution in [0.1, 0.15) is 20.8 Å². The van der Waals surface area contributed by atoms with E-state index >= 15 is 0 Å². The van der Waals surface area contributed by atoms with E-state index in [1.165, 1.54) is 11.3 Å². The lowest BCUT2D eigenvalue weighted by Crippen LogP contribution is -2.22. The van der Waals surface area contributed by atoms with Crippen molar-refractivity contribution in [2.75, 3.05) is 6.54 Å². The summed E-state index contributed by atoms with van der Waals surface area (Å²) in [6.45, 7) is 0.761. The van der Waals surface area contributed by atoms with Crippen molar-refractivity contribution in [2.24, 2.45) is 5.73 Å². The van der Waals surface area contributed by atoms with Gasteiger partial charge in [-0.2, -0.15) is 0 Å². The Bertz CT molecular complexity index is 610. The lowest BCUT2D eigenvalue weighted by atomic mass is 10.2. The van der Waals surface area contributed by atoms with Crippen molar-refractivity contribution in [1.29, 1.82) is 0 Å². The lowest BCUT2D eigenvalue weighted by molar-refractivity contribution is 0.0955. The molecule has 0 bridgehead atoms. The minimum absolute atomic E-state index is 0.117. The second kappa shape index (κ2) is 6.69. The molecule has 0 atom stereocenters. The maximum Gasteiger partial charge on any atom is 0.262 e. The van der Waals surface area contributed by atoms with Gasteiger partial charge in [-0.05, 0) is 29.1 Å². The Balaban J connectivity index is 2.02. The molecule has 5 heteroatoms. The standard InChI is InChI=1S/C14H13N3OS/c15-6-1-2-12-5-9-19-13(12)14(18)17-10-11-3-7-16-8-4-11/h3-5,7-9H,6,10,15H2,(H,17,18). The fourth-order valence-electron chi connectivity index (χ4n) is 1.49. The van der Waals surface area contributed by atoms with Crippen LogP contribution in [0.25, 0.3) is 0 Å². The summed E-state index contributed by atoms with van der Waals surface area (Å²) in [6, 6.07) is 5.56. The van der Waals surface area contributed by atoms with Gasteiger partial charge in [0.25, 0.3) is 5.91 Å². The molecule has 0 radical (unpaired) electrons. The third-order valence-corrected chi connectivity index (χ3v) is 3.31.